The summed E-state index contributed by atoms with van der Waals surface area (Å²) in [5.41, 5.74) is 2.07. The molecule has 2 aromatic heterocycles. The minimum atomic E-state index is -0.396. The van der Waals surface area contributed by atoms with E-state index in [0.717, 1.165) is 0 Å². The van der Waals surface area contributed by atoms with Crippen LogP contribution in [0.2, 0.25) is 0 Å². The molecule has 0 unspecified atom stereocenters. The summed E-state index contributed by atoms with van der Waals surface area (Å²) >= 11 is 0. The summed E-state index contributed by atoms with van der Waals surface area (Å²) in [6.45, 7) is 0.645. The number of carbonyl (C=O) groups is 1. The van der Waals surface area contributed by atoms with Crippen molar-refractivity contribution >= 4 is 34.4 Å². The van der Waals surface area contributed by atoms with Crippen LogP contribution in [-0.4, -0.2) is 51.0 Å². The van der Waals surface area contributed by atoms with Gasteiger partial charge in [-0.15, -0.1) is 0 Å². The number of amides is 1. The lowest BCUT2D eigenvalue weighted by Crippen LogP contribution is -2.16. The van der Waals surface area contributed by atoms with Crippen molar-refractivity contribution in [1.29, 1.82) is 0 Å². The Hall–Kier alpha value is -4.31. The predicted octanol–water partition coefficient (Wildman–Crippen LogP) is 3.05. The third-order valence-electron chi connectivity index (χ3n) is 4.64. The summed E-state index contributed by atoms with van der Waals surface area (Å²) in [7, 11) is 3.82. The summed E-state index contributed by atoms with van der Waals surface area (Å²) in [6.07, 6.45) is 4.72. The second-order valence-corrected chi connectivity index (χ2v) is 7.53. The van der Waals surface area contributed by atoms with Gasteiger partial charge in [-0.3, -0.25) is 4.79 Å². The average Bonchev–Trinajstić information content (AvgIpc) is 3.10. The van der Waals surface area contributed by atoms with Crippen LogP contribution in [0.25, 0.3) is 16.9 Å². The van der Waals surface area contributed by atoms with E-state index in [2.05, 4.69) is 25.6 Å². The molecule has 2 heterocycles. The van der Waals surface area contributed by atoms with E-state index in [0.29, 0.717) is 34.8 Å². The first-order chi connectivity index (χ1) is 15.9. The summed E-state index contributed by atoms with van der Waals surface area (Å²) in [5.74, 6) is -0.373. The molecule has 0 radical (unpaired) electrons. The number of likely N-dealkylation sites (N-methyl/N-ethyl adjacent to an activating group) is 1. The second-order valence-electron chi connectivity index (χ2n) is 7.53. The van der Waals surface area contributed by atoms with Crippen LogP contribution in [0.1, 0.15) is 0 Å². The van der Waals surface area contributed by atoms with Crippen molar-refractivity contribution in [2.75, 3.05) is 31.3 Å². The third-order valence-corrected chi connectivity index (χ3v) is 4.64. The smallest absolute Gasteiger partial charge is 0.324 e. The van der Waals surface area contributed by atoms with Crippen molar-refractivity contribution < 1.29 is 9.18 Å². The van der Waals surface area contributed by atoms with Crippen LogP contribution in [-0.2, 0) is 4.79 Å². The van der Waals surface area contributed by atoms with Gasteiger partial charge in [0.2, 0.25) is 11.9 Å². The maximum absolute atomic E-state index is 13.1. The van der Waals surface area contributed by atoms with Crippen LogP contribution in [0.3, 0.4) is 0 Å². The van der Waals surface area contributed by atoms with E-state index in [1.807, 2.05) is 19.0 Å². The Morgan fingerprint density at radius 3 is 2.73 bits per heavy atom. The lowest BCUT2D eigenvalue weighted by Gasteiger charge is -2.08. The predicted molar refractivity (Wildman–Crippen MR) is 125 cm³/mol. The Balaban J connectivity index is 1.62. The van der Waals surface area contributed by atoms with Gasteiger partial charge < -0.3 is 20.5 Å². The van der Waals surface area contributed by atoms with E-state index in [1.54, 1.807) is 42.5 Å². The van der Waals surface area contributed by atoms with E-state index in [-0.39, 0.29) is 17.7 Å². The Kier molecular flexibility index (Phi) is 6.27. The van der Waals surface area contributed by atoms with Crippen molar-refractivity contribution in [3.63, 3.8) is 0 Å². The number of benzene rings is 2. The minimum Gasteiger partial charge on any atom is -0.324 e. The molecule has 0 fully saturated rings. The highest BCUT2D eigenvalue weighted by molar-refractivity contribution is 5.99. The van der Waals surface area contributed by atoms with Gasteiger partial charge in [0.25, 0.3) is 0 Å². The normalized spacial score (nSPS) is 11.4. The number of imidazole rings is 1. The maximum atomic E-state index is 13.1. The van der Waals surface area contributed by atoms with Crippen molar-refractivity contribution in [3.05, 3.63) is 83.2 Å². The molecule has 0 aliphatic heterocycles. The van der Waals surface area contributed by atoms with Crippen LogP contribution < -0.4 is 16.3 Å². The topological polar surface area (TPSA) is 108 Å². The van der Waals surface area contributed by atoms with Gasteiger partial charge in [-0.1, -0.05) is 12.1 Å². The van der Waals surface area contributed by atoms with Gasteiger partial charge in [0.05, 0.1) is 11.9 Å². The van der Waals surface area contributed by atoms with E-state index in [4.69, 9.17) is 0 Å². The number of H-pyrrole nitrogens is 1. The summed E-state index contributed by atoms with van der Waals surface area (Å²) in [6, 6.07) is 12.7. The number of hydrogen-bond donors (Lipinski definition) is 3. The molecule has 9 nitrogen and oxygen atoms in total. The second kappa shape index (κ2) is 9.45. The Morgan fingerprint density at radius 1 is 1.18 bits per heavy atom. The van der Waals surface area contributed by atoms with Gasteiger partial charge in [-0.2, -0.15) is 4.98 Å². The molecule has 33 heavy (non-hydrogen) atoms. The Bertz CT molecular complexity index is 1370. The number of nitrogens with zero attached hydrogens (tertiary/aromatic N) is 4. The zero-order valence-electron chi connectivity index (χ0n) is 18.0. The lowest BCUT2D eigenvalue weighted by molar-refractivity contribution is -0.111. The highest BCUT2D eigenvalue weighted by Crippen LogP contribution is 2.20. The largest absolute Gasteiger partial charge is 0.332 e. The van der Waals surface area contributed by atoms with Gasteiger partial charge in [0.15, 0.2) is 5.65 Å². The van der Waals surface area contributed by atoms with E-state index in [9.17, 15) is 14.0 Å². The van der Waals surface area contributed by atoms with Gasteiger partial charge in [0, 0.05) is 24.0 Å². The van der Waals surface area contributed by atoms with Gasteiger partial charge in [-0.25, -0.2) is 18.7 Å². The number of halogens is 1. The van der Waals surface area contributed by atoms with Gasteiger partial charge in [0.1, 0.15) is 11.3 Å². The number of anilines is 3. The summed E-state index contributed by atoms with van der Waals surface area (Å²) in [5, 5.41) is 5.78. The molecule has 168 valence electrons. The highest BCUT2D eigenvalue weighted by Gasteiger charge is 2.13. The maximum Gasteiger partial charge on any atom is 0.332 e. The van der Waals surface area contributed by atoms with Crippen LogP contribution in [0.4, 0.5) is 21.7 Å². The first-order valence-electron chi connectivity index (χ1n) is 10.1. The molecule has 1 amide bonds. The van der Waals surface area contributed by atoms with Crippen molar-refractivity contribution in [1.82, 2.24) is 24.4 Å². The zero-order valence-corrected chi connectivity index (χ0v) is 18.0. The number of carbonyl (C=O) groups excluding carboxylic acids is 1. The molecule has 0 bridgehead atoms. The van der Waals surface area contributed by atoms with Crippen molar-refractivity contribution in [2.24, 2.45) is 0 Å². The number of aromatic amines is 1. The highest BCUT2D eigenvalue weighted by atomic mass is 19.1. The molecular weight excluding hydrogens is 425 g/mol. The SMILES string of the molecule is CN(C)CC=CC(=O)Nc1cccc(-n2c(=O)[nH]c3cnc(Nc4ccc(F)cc4)nc32)c1. The quantitative estimate of drug-likeness (QED) is 0.376. The first kappa shape index (κ1) is 21.9. The Morgan fingerprint density at radius 2 is 1.97 bits per heavy atom. The molecule has 3 N–H and O–H groups in total. The monoisotopic (exact) mass is 447 g/mol. The first-order valence-corrected chi connectivity index (χ1v) is 10.1. The fraction of sp³-hybridized carbons (Fsp3) is 0.130. The molecule has 0 aliphatic rings. The average molecular weight is 447 g/mol. The van der Waals surface area contributed by atoms with Gasteiger partial charge >= 0.3 is 5.69 Å². The molecule has 2 aromatic carbocycles. The summed E-state index contributed by atoms with van der Waals surface area (Å²) < 4.78 is 14.5. The molecule has 0 saturated heterocycles. The van der Waals surface area contributed by atoms with E-state index < -0.39 is 5.69 Å². The van der Waals surface area contributed by atoms with Gasteiger partial charge in [-0.05, 0) is 56.6 Å². The molecule has 4 rings (SSSR count). The third kappa shape index (κ3) is 5.31. The minimum absolute atomic E-state index is 0.248. The molecule has 10 heteroatoms. The summed E-state index contributed by atoms with van der Waals surface area (Å²) in [4.78, 5) is 38.1. The standard InChI is InChI=1S/C23H22FN7O2/c1-30(2)12-4-7-20(32)26-17-5-3-6-18(13-17)31-21-19(28-23(31)33)14-25-22(29-21)27-16-10-8-15(24)9-11-16/h3-11,13-14H,12H2,1-2H3,(H,26,32)(H,28,33)(H,25,27,29). The zero-order chi connectivity index (χ0) is 23.4. The number of nitrogens with one attached hydrogen (secondary N) is 3. The lowest BCUT2D eigenvalue weighted by atomic mass is 10.2. The van der Waals surface area contributed by atoms with Crippen LogP contribution in [0.15, 0.2) is 71.7 Å². The van der Waals surface area contributed by atoms with Crippen LogP contribution in [0, 0.1) is 5.82 Å². The molecule has 0 spiro atoms. The molecular formula is C23H22FN7O2. The van der Waals surface area contributed by atoms with Crippen LogP contribution in [0.5, 0.6) is 0 Å². The number of fused-ring (bicyclic) bond motifs is 1. The fourth-order valence-corrected chi connectivity index (χ4v) is 3.14. The molecule has 0 atom stereocenters. The van der Waals surface area contributed by atoms with Crippen molar-refractivity contribution in [3.8, 4) is 5.69 Å². The molecule has 0 aliphatic carbocycles. The van der Waals surface area contributed by atoms with Crippen molar-refractivity contribution in [2.45, 2.75) is 0 Å². The van der Waals surface area contributed by atoms with Crippen LogP contribution >= 0.6 is 0 Å². The molecule has 4 aromatic rings. The van der Waals surface area contributed by atoms with E-state index in [1.165, 1.54) is 29.0 Å². The number of aromatic nitrogens is 4. The van der Waals surface area contributed by atoms with E-state index >= 15 is 0 Å². The Labute approximate surface area is 188 Å². The number of hydrogen-bond acceptors (Lipinski definition) is 6. The number of rotatable bonds is 7. The fourth-order valence-electron chi connectivity index (χ4n) is 3.14. The molecule has 0 saturated carbocycles.